The van der Waals surface area contributed by atoms with E-state index in [4.69, 9.17) is 11.5 Å². The van der Waals surface area contributed by atoms with Crippen LogP contribution < -0.4 is 11.5 Å². The Kier molecular flexibility index (Phi) is 4.69. The Balaban J connectivity index is 2.51. The Morgan fingerprint density at radius 1 is 0.957 bits per heavy atom. The zero-order valence-corrected chi connectivity index (χ0v) is 15.4. The van der Waals surface area contributed by atoms with E-state index in [1.807, 2.05) is 27.7 Å². The Morgan fingerprint density at radius 2 is 1.48 bits per heavy atom. The smallest absolute Gasteiger partial charge is 0.234 e. The van der Waals surface area contributed by atoms with Crippen molar-refractivity contribution in [2.24, 2.45) is 0 Å². The molecule has 0 unspecified atom stereocenters. The molecule has 6 heteroatoms. The summed E-state index contributed by atoms with van der Waals surface area (Å²) < 4.78 is 25.4. The number of hydrogen-bond donors (Lipinski definition) is 2. The highest BCUT2D eigenvalue weighted by Crippen LogP contribution is 2.40. The molecule has 0 aliphatic rings. The van der Waals surface area contributed by atoms with E-state index in [0.29, 0.717) is 16.3 Å². The monoisotopic (exact) mass is 350 g/mol. The van der Waals surface area contributed by atoms with Crippen LogP contribution >= 0.6 is 10.8 Å². The third-order valence-corrected chi connectivity index (χ3v) is 6.86. The van der Waals surface area contributed by atoms with Crippen LogP contribution in [0.4, 0.5) is 11.4 Å². The Morgan fingerprint density at radius 3 is 2.00 bits per heavy atom. The van der Waals surface area contributed by atoms with E-state index in [2.05, 4.69) is 0 Å². The van der Waals surface area contributed by atoms with Gasteiger partial charge < -0.3 is 11.5 Å². The molecule has 2 aromatic rings. The molecule has 0 aromatic heterocycles. The number of aryl methyl sites for hydroxylation is 1. The zero-order chi connectivity index (χ0) is 17.4. The molecule has 23 heavy (non-hydrogen) atoms. The summed E-state index contributed by atoms with van der Waals surface area (Å²) in [4.78, 5) is 0.896. The van der Waals surface area contributed by atoms with Crippen molar-refractivity contribution in [2.45, 2.75) is 42.9 Å². The first-order valence-electron chi connectivity index (χ1n) is 7.21. The molecule has 0 amide bonds. The lowest BCUT2D eigenvalue weighted by atomic mass is 9.86. The third-order valence-electron chi connectivity index (χ3n) is 3.50. The van der Waals surface area contributed by atoms with Gasteiger partial charge in [0, 0.05) is 15.7 Å². The fraction of sp³-hybridized carbons (Fsp3) is 0.294. The van der Waals surface area contributed by atoms with E-state index in [1.54, 1.807) is 36.4 Å². The maximum Gasteiger partial charge on any atom is 0.234 e. The molecule has 0 bridgehead atoms. The van der Waals surface area contributed by atoms with Crippen molar-refractivity contribution in [2.75, 3.05) is 11.5 Å². The number of nitrogen functional groups attached to an aromatic ring is 2. The quantitative estimate of drug-likeness (QED) is 0.647. The number of benzene rings is 2. The fourth-order valence-corrected chi connectivity index (χ4v) is 5.32. The van der Waals surface area contributed by atoms with Crippen LogP contribution in [0.2, 0.25) is 0 Å². The van der Waals surface area contributed by atoms with E-state index < -0.39 is 8.87 Å². The zero-order valence-electron chi connectivity index (χ0n) is 13.8. The van der Waals surface area contributed by atoms with Gasteiger partial charge in [0.25, 0.3) is 0 Å². The number of rotatable bonds is 3. The average Bonchev–Trinajstić information content (AvgIpc) is 2.41. The Labute approximate surface area is 141 Å². The molecule has 2 rings (SSSR count). The highest BCUT2D eigenvalue weighted by atomic mass is 33.1. The van der Waals surface area contributed by atoms with E-state index in [0.717, 1.165) is 21.9 Å². The minimum absolute atomic E-state index is 0.243. The first-order valence-corrected chi connectivity index (χ1v) is 10.0. The van der Waals surface area contributed by atoms with Crippen molar-refractivity contribution >= 4 is 31.0 Å². The molecule has 0 heterocycles. The van der Waals surface area contributed by atoms with Gasteiger partial charge in [-0.05, 0) is 42.2 Å². The van der Waals surface area contributed by atoms with E-state index in [9.17, 15) is 8.42 Å². The van der Waals surface area contributed by atoms with Crippen LogP contribution in [0.25, 0.3) is 0 Å². The van der Waals surface area contributed by atoms with Gasteiger partial charge >= 0.3 is 0 Å². The van der Waals surface area contributed by atoms with Crippen molar-refractivity contribution in [1.29, 1.82) is 0 Å². The van der Waals surface area contributed by atoms with Gasteiger partial charge in [-0.2, -0.15) is 0 Å². The lowest BCUT2D eigenvalue weighted by Gasteiger charge is -2.23. The number of hydrogen-bond acceptors (Lipinski definition) is 5. The first kappa shape index (κ1) is 17.7. The molecular formula is C17H22N2O2S2. The van der Waals surface area contributed by atoms with E-state index in [1.165, 1.54) is 0 Å². The molecule has 124 valence electrons. The van der Waals surface area contributed by atoms with Crippen molar-refractivity contribution in [3.63, 3.8) is 0 Å². The summed E-state index contributed by atoms with van der Waals surface area (Å²) in [6.45, 7) is 7.96. The predicted molar refractivity (Wildman–Crippen MR) is 98.2 cm³/mol. The fourth-order valence-electron chi connectivity index (χ4n) is 2.14. The molecule has 0 aliphatic carbocycles. The standard InChI is InChI=1S/C17H22N2O2S2/c1-11-5-7-12(8-6-11)23(20,21)22-16-10-15(19)14(18)9-13(16)17(2,3)4/h5-10H,18-19H2,1-4H3. The molecular weight excluding hydrogens is 328 g/mol. The summed E-state index contributed by atoms with van der Waals surface area (Å²) in [7, 11) is -2.70. The summed E-state index contributed by atoms with van der Waals surface area (Å²) in [5, 5.41) is 0. The van der Waals surface area contributed by atoms with Crippen molar-refractivity contribution in [1.82, 2.24) is 0 Å². The van der Waals surface area contributed by atoms with Gasteiger partial charge in [-0.3, -0.25) is 0 Å². The van der Waals surface area contributed by atoms with Gasteiger partial charge in [-0.25, -0.2) is 8.42 Å². The van der Waals surface area contributed by atoms with Crippen molar-refractivity contribution in [3.8, 4) is 0 Å². The summed E-state index contributed by atoms with van der Waals surface area (Å²) >= 11 is 0. The second-order valence-electron chi connectivity index (χ2n) is 6.58. The Bertz CT molecular complexity index is 821. The molecule has 4 N–H and O–H groups in total. The second kappa shape index (κ2) is 6.09. The molecule has 0 saturated carbocycles. The normalized spacial score (nSPS) is 12.3. The van der Waals surface area contributed by atoms with Crippen LogP contribution in [0.15, 0.2) is 46.2 Å². The van der Waals surface area contributed by atoms with Gasteiger partial charge in [0.2, 0.25) is 8.87 Å². The molecule has 0 atom stereocenters. The largest absolute Gasteiger partial charge is 0.397 e. The molecule has 0 saturated heterocycles. The molecule has 0 radical (unpaired) electrons. The SMILES string of the molecule is Cc1ccc(S(=O)(=O)Sc2cc(N)c(N)cc2C(C)(C)C)cc1. The van der Waals surface area contributed by atoms with Crippen LogP contribution in [0.3, 0.4) is 0 Å². The maximum absolute atomic E-state index is 12.7. The summed E-state index contributed by atoms with van der Waals surface area (Å²) in [6.07, 6.45) is 0. The number of anilines is 2. The summed E-state index contributed by atoms with van der Waals surface area (Å²) in [6, 6.07) is 10.2. The average molecular weight is 351 g/mol. The molecule has 4 nitrogen and oxygen atoms in total. The van der Waals surface area contributed by atoms with Crippen LogP contribution in [-0.2, 0) is 14.3 Å². The molecule has 0 aliphatic heterocycles. The van der Waals surface area contributed by atoms with Gasteiger partial charge in [-0.1, -0.05) is 38.5 Å². The van der Waals surface area contributed by atoms with Crippen LogP contribution in [0, 0.1) is 6.92 Å². The summed E-state index contributed by atoms with van der Waals surface area (Å²) in [5.74, 6) is 0. The number of nitrogens with two attached hydrogens (primary N) is 2. The lowest BCUT2D eigenvalue weighted by molar-refractivity contribution is 0.578. The van der Waals surface area contributed by atoms with Crippen molar-refractivity contribution in [3.05, 3.63) is 47.5 Å². The van der Waals surface area contributed by atoms with Gasteiger partial charge in [0.15, 0.2) is 0 Å². The third kappa shape index (κ3) is 4.00. The predicted octanol–water partition coefficient (Wildman–Crippen LogP) is 3.94. The van der Waals surface area contributed by atoms with Crippen LogP contribution in [0.5, 0.6) is 0 Å². The van der Waals surface area contributed by atoms with Gasteiger partial charge in [-0.15, -0.1) is 0 Å². The van der Waals surface area contributed by atoms with Gasteiger partial charge in [0.05, 0.1) is 16.3 Å². The first-order chi connectivity index (χ1) is 10.5. The van der Waals surface area contributed by atoms with E-state index >= 15 is 0 Å². The van der Waals surface area contributed by atoms with E-state index in [-0.39, 0.29) is 10.3 Å². The summed E-state index contributed by atoms with van der Waals surface area (Å²) in [5.41, 5.74) is 14.3. The molecule has 0 fully saturated rings. The minimum atomic E-state index is -3.52. The highest BCUT2D eigenvalue weighted by molar-refractivity contribution is 8.72. The minimum Gasteiger partial charge on any atom is -0.397 e. The highest BCUT2D eigenvalue weighted by Gasteiger charge is 2.25. The second-order valence-corrected chi connectivity index (χ2v) is 10.4. The van der Waals surface area contributed by atoms with Gasteiger partial charge in [0.1, 0.15) is 0 Å². The molecule has 0 spiro atoms. The van der Waals surface area contributed by atoms with Crippen LogP contribution in [0.1, 0.15) is 31.9 Å². The maximum atomic E-state index is 12.7. The topological polar surface area (TPSA) is 86.2 Å². The van der Waals surface area contributed by atoms with Crippen LogP contribution in [-0.4, -0.2) is 8.42 Å². The Hall–Kier alpha value is -1.66. The lowest BCUT2D eigenvalue weighted by Crippen LogP contribution is -2.14. The molecule has 2 aromatic carbocycles. The van der Waals surface area contributed by atoms with Crippen molar-refractivity contribution < 1.29 is 8.42 Å².